The molecule has 0 spiro atoms. The lowest BCUT2D eigenvalue weighted by Gasteiger charge is -2.24. The third-order valence-corrected chi connectivity index (χ3v) is 4.80. The molecule has 27 heavy (non-hydrogen) atoms. The Morgan fingerprint density at radius 3 is 2.96 bits per heavy atom. The zero-order valence-corrected chi connectivity index (χ0v) is 15.1. The molecule has 1 amide bonds. The van der Waals surface area contributed by atoms with E-state index < -0.39 is 0 Å². The number of nitrogens with zero attached hydrogens (tertiary/aromatic N) is 6. The van der Waals surface area contributed by atoms with Gasteiger partial charge in [0.15, 0.2) is 5.82 Å². The molecule has 3 aromatic heterocycles. The van der Waals surface area contributed by atoms with Gasteiger partial charge in [-0.3, -0.25) is 19.4 Å². The number of aromatic nitrogens is 5. The van der Waals surface area contributed by atoms with E-state index in [1.165, 1.54) is 18.1 Å². The van der Waals surface area contributed by atoms with Gasteiger partial charge in [0.2, 0.25) is 0 Å². The molecule has 0 radical (unpaired) electrons. The van der Waals surface area contributed by atoms with Gasteiger partial charge in [0.05, 0.1) is 23.6 Å². The van der Waals surface area contributed by atoms with Gasteiger partial charge < -0.3 is 5.32 Å². The predicted molar refractivity (Wildman–Crippen MR) is 99.8 cm³/mol. The molecule has 0 bridgehead atoms. The van der Waals surface area contributed by atoms with Crippen LogP contribution in [0.15, 0.2) is 49.1 Å². The maximum absolute atomic E-state index is 12.5. The highest BCUT2D eigenvalue weighted by Crippen LogP contribution is 2.32. The number of hydrogen-bond acceptors (Lipinski definition) is 6. The molecular weight excluding hydrogens is 342 g/mol. The zero-order chi connectivity index (χ0) is 18.6. The molecule has 8 nitrogen and oxygen atoms in total. The maximum Gasteiger partial charge on any atom is 0.275 e. The first-order chi connectivity index (χ1) is 13.2. The van der Waals surface area contributed by atoms with Crippen LogP contribution in [0, 0.1) is 0 Å². The molecule has 0 unspecified atom stereocenters. The highest BCUT2D eigenvalue weighted by atomic mass is 16.1. The lowest BCUT2D eigenvalue weighted by Crippen LogP contribution is -2.25. The molecule has 0 saturated carbocycles. The highest BCUT2D eigenvalue weighted by Gasteiger charge is 2.28. The normalized spacial score (nSPS) is 17.1. The Hall–Kier alpha value is -3.13. The van der Waals surface area contributed by atoms with Crippen molar-refractivity contribution in [1.29, 1.82) is 0 Å². The van der Waals surface area contributed by atoms with Gasteiger partial charge in [-0.05, 0) is 37.6 Å². The number of aryl methyl sites for hydroxylation is 1. The van der Waals surface area contributed by atoms with Crippen molar-refractivity contribution in [3.8, 4) is 0 Å². The van der Waals surface area contributed by atoms with Gasteiger partial charge in [0.25, 0.3) is 5.91 Å². The smallest absolute Gasteiger partial charge is 0.275 e. The average Bonchev–Trinajstić information content (AvgIpc) is 3.32. The Morgan fingerprint density at radius 2 is 2.19 bits per heavy atom. The van der Waals surface area contributed by atoms with Crippen molar-refractivity contribution in [2.45, 2.75) is 25.4 Å². The minimum Gasteiger partial charge on any atom is -0.304 e. The summed E-state index contributed by atoms with van der Waals surface area (Å²) < 4.78 is 1.90. The number of hydrogen-bond donors (Lipinski definition) is 1. The predicted octanol–water partition coefficient (Wildman–Crippen LogP) is 2.19. The Morgan fingerprint density at radius 1 is 1.26 bits per heavy atom. The van der Waals surface area contributed by atoms with E-state index in [0.29, 0.717) is 11.5 Å². The zero-order valence-electron chi connectivity index (χ0n) is 15.1. The molecule has 1 atom stereocenters. The number of anilines is 1. The Bertz CT molecular complexity index is 925. The van der Waals surface area contributed by atoms with E-state index in [4.69, 9.17) is 0 Å². The number of nitrogens with one attached hydrogen (secondary N) is 1. The molecule has 1 N–H and O–H groups in total. The fraction of sp³-hybridized carbons (Fsp3) is 0.316. The summed E-state index contributed by atoms with van der Waals surface area (Å²) in [5, 5.41) is 6.97. The number of likely N-dealkylation sites (tertiary alicyclic amines) is 1. The molecule has 1 aliphatic rings. The maximum atomic E-state index is 12.5. The summed E-state index contributed by atoms with van der Waals surface area (Å²) in [6.45, 7) is 1.83. The van der Waals surface area contributed by atoms with E-state index >= 15 is 0 Å². The molecule has 138 valence electrons. The Balaban J connectivity index is 1.51. The second-order valence-electron chi connectivity index (χ2n) is 6.57. The van der Waals surface area contributed by atoms with E-state index in [2.05, 4.69) is 30.3 Å². The topological polar surface area (TPSA) is 88.8 Å². The van der Waals surface area contributed by atoms with Gasteiger partial charge in [0.1, 0.15) is 5.69 Å². The van der Waals surface area contributed by atoms with Gasteiger partial charge in [-0.15, -0.1) is 0 Å². The summed E-state index contributed by atoms with van der Waals surface area (Å²) in [4.78, 5) is 27.5. The molecule has 8 heteroatoms. The van der Waals surface area contributed by atoms with Crippen LogP contribution in [0.1, 0.15) is 40.8 Å². The number of pyridine rings is 1. The summed E-state index contributed by atoms with van der Waals surface area (Å²) in [7, 11) is 1.95. The van der Waals surface area contributed by atoms with Gasteiger partial charge in [-0.1, -0.05) is 6.07 Å². The summed E-state index contributed by atoms with van der Waals surface area (Å²) in [6.07, 6.45) is 8.56. The molecule has 1 fully saturated rings. The highest BCUT2D eigenvalue weighted by molar-refractivity contribution is 6.02. The van der Waals surface area contributed by atoms with Gasteiger partial charge >= 0.3 is 0 Å². The molecule has 4 rings (SSSR count). The summed E-state index contributed by atoms with van der Waals surface area (Å²) >= 11 is 0. The number of rotatable bonds is 5. The van der Waals surface area contributed by atoms with Crippen LogP contribution in [-0.2, 0) is 13.6 Å². The first kappa shape index (κ1) is 17.3. The Labute approximate surface area is 157 Å². The van der Waals surface area contributed by atoms with Gasteiger partial charge in [-0.25, -0.2) is 9.97 Å². The van der Waals surface area contributed by atoms with Crippen LogP contribution in [-0.4, -0.2) is 42.1 Å². The van der Waals surface area contributed by atoms with Crippen LogP contribution < -0.4 is 5.32 Å². The molecule has 1 aliphatic heterocycles. The standard InChI is InChI=1S/C19H21N7O/c1-25-14(7-8-22-25)13-26-11-3-6-17(26)15-4-2-5-16(23-15)19(27)24-18-12-20-9-10-21-18/h2,4-5,7-10,12,17H,3,6,11,13H2,1H3,(H,21,24,27)/t17-/m0/s1. The number of carbonyl (C=O) groups is 1. The van der Waals surface area contributed by atoms with Crippen LogP contribution in [0.4, 0.5) is 5.82 Å². The lowest BCUT2D eigenvalue weighted by atomic mass is 10.1. The summed E-state index contributed by atoms with van der Waals surface area (Å²) in [6, 6.07) is 7.83. The molecule has 3 aromatic rings. The van der Waals surface area contributed by atoms with E-state index in [9.17, 15) is 4.79 Å². The quantitative estimate of drug-likeness (QED) is 0.747. The van der Waals surface area contributed by atoms with Gasteiger partial charge in [-0.2, -0.15) is 5.10 Å². The fourth-order valence-corrected chi connectivity index (χ4v) is 3.42. The SMILES string of the molecule is Cn1nccc1CN1CCC[C@H]1c1cccc(C(=O)Nc2cnccn2)n1. The third kappa shape index (κ3) is 3.85. The summed E-state index contributed by atoms with van der Waals surface area (Å²) in [5.74, 6) is 0.127. The van der Waals surface area contributed by atoms with Crippen molar-refractivity contribution in [3.63, 3.8) is 0 Å². The van der Waals surface area contributed by atoms with Crippen molar-refractivity contribution >= 4 is 11.7 Å². The molecule has 4 heterocycles. The second-order valence-corrected chi connectivity index (χ2v) is 6.57. The van der Waals surface area contributed by atoms with E-state index in [1.54, 1.807) is 12.3 Å². The Kier molecular flexibility index (Phi) is 4.88. The van der Waals surface area contributed by atoms with Crippen molar-refractivity contribution in [1.82, 2.24) is 29.6 Å². The van der Waals surface area contributed by atoms with Crippen molar-refractivity contribution in [2.75, 3.05) is 11.9 Å². The second kappa shape index (κ2) is 7.63. The monoisotopic (exact) mass is 363 g/mol. The summed E-state index contributed by atoms with van der Waals surface area (Å²) in [5.41, 5.74) is 2.46. The van der Waals surface area contributed by atoms with E-state index in [-0.39, 0.29) is 11.9 Å². The minimum atomic E-state index is -0.284. The van der Waals surface area contributed by atoms with Crippen LogP contribution in [0.2, 0.25) is 0 Å². The van der Waals surface area contributed by atoms with Crippen LogP contribution in [0.3, 0.4) is 0 Å². The van der Waals surface area contributed by atoms with Crippen molar-refractivity contribution < 1.29 is 4.79 Å². The fourth-order valence-electron chi connectivity index (χ4n) is 3.42. The average molecular weight is 363 g/mol. The molecule has 1 saturated heterocycles. The minimum absolute atomic E-state index is 0.198. The molecule has 0 aliphatic carbocycles. The van der Waals surface area contributed by atoms with Crippen LogP contribution >= 0.6 is 0 Å². The number of carbonyl (C=O) groups excluding carboxylic acids is 1. The van der Waals surface area contributed by atoms with E-state index in [0.717, 1.165) is 31.6 Å². The van der Waals surface area contributed by atoms with Crippen LogP contribution in [0.5, 0.6) is 0 Å². The molecule has 0 aromatic carbocycles. The lowest BCUT2D eigenvalue weighted by molar-refractivity contribution is 0.102. The van der Waals surface area contributed by atoms with Crippen LogP contribution in [0.25, 0.3) is 0 Å². The van der Waals surface area contributed by atoms with Crippen molar-refractivity contribution in [2.24, 2.45) is 7.05 Å². The van der Waals surface area contributed by atoms with E-state index in [1.807, 2.05) is 36.1 Å². The number of amides is 1. The third-order valence-electron chi connectivity index (χ3n) is 4.80. The first-order valence-electron chi connectivity index (χ1n) is 8.96. The van der Waals surface area contributed by atoms with Gasteiger partial charge in [0, 0.05) is 32.2 Å². The largest absolute Gasteiger partial charge is 0.304 e. The van der Waals surface area contributed by atoms with Crippen molar-refractivity contribution in [3.05, 3.63) is 66.1 Å². The first-order valence-corrected chi connectivity index (χ1v) is 8.96. The molecular formula is C19H21N7O.